The van der Waals surface area contributed by atoms with Gasteiger partial charge < -0.3 is 14.5 Å². The first-order valence-electron chi connectivity index (χ1n) is 8.80. The molecule has 0 aliphatic rings. The fraction of sp³-hybridized carbons (Fsp3) is 0.286. The van der Waals surface area contributed by atoms with Gasteiger partial charge in [-0.15, -0.1) is 0 Å². The highest BCUT2D eigenvalue weighted by Crippen LogP contribution is 2.33. The van der Waals surface area contributed by atoms with E-state index in [-0.39, 0.29) is 15.3 Å². The van der Waals surface area contributed by atoms with Crippen LogP contribution in [0, 0.1) is 0 Å². The Hall–Kier alpha value is -2.80. The van der Waals surface area contributed by atoms with E-state index in [9.17, 15) is 8.42 Å². The lowest BCUT2D eigenvalue weighted by molar-refractivity contribution is 0.404. The van der Waals surface area contributed by atoms with Gasteiger partial charge in [0.05, 0.1) is 30.9 Å². The van der Waals surface area contributed by atoms with Gasteiger partial charge in [-0.05, 0) is 41.3 Å². The summed E-state index contributed by atoms with van der Waals surface area (Å²) in [5, 5.41) is 0.0240. The van der Waals surface area contributed by atoms with Crippen LogP contribution in [-0.4, -0.2) is 32.6 Å². The smallest absolute Gasteiger partial charge is 0.223 e. The minimum atomic E-state index is -3.71. The Bertz CT molecular complexity index is 1080. The van der Waals surface area contributed by atoms with Gasteiger partial charge in [0.1, 0.15) is 17.3 Å². The maximum absolute atomic E-state index is 13.0. The Morgan fingerprint density at radius 1 is 0.964 bits per heavy atom. The molecule has 1 heterocycles. The summed E-state index contributed by atoms with van der Waals surface area (Å²) in [5.74, 6) is 1.57. The number of aromatic nitrogens is 2. The van der Waals surface area contributed by atoms with Crippen molar-refractivity contribution in [2.75, 3.05) is 14.2 Å². The lowest BCUT2D eigenvalue weighted by atomic mass is 9.87. The summed E-state index contributed by atoms with van der Waals surface area (Å²) < 4.78 is 36.6. The Balaban J connectivity index is 1.99. The van der Waals surface area contributed by atoms with Crippen LogP contribution in [0.4, 0.5) is 0 Å². The number of nitrogens with zero attached hydrogens (tertiary/aromatic N) is 1. The molecule has 1 aromatic heterocycles. The second-order valence-corrected chi connectivity index (χ2v) is 9.36. The van der Waals surface area contributed by atoms with Crippen LogP contribution in [0.3, 0.4) is 0 Å². The zero-order valence-corrected chi connectivity index (χ0v) is 17.4. The predicted octanol–water partition coefficient (Wildman–Crippen LogP) is 4.22. The molecule has 0 bridgehead atoms. The van der Waals surface area contributed by atoms with Crippen molar-refractivity contribution in [1.82, 2.24) is 9.97 Å². The van der Waals surface area contributed by atoms with Crippen LogP contribution in [0.15, 0.2) is 58.6 Å². The summed E-state index contributed by atoms with van der Waals surface area (Å²) >= 11 is 0. The second-order valence-electron chi connectivity index (χ2n) is 7.44. The van der Waals surface area contributed by atoms with Crippen molar-refractivity contribution in [3.8, 4) is 22.9 Å². The normalized spacial score (nSPS) is 12.0. The SMILES string of the molecule is COc1ccc(OC)c(-c2ncc(S(=O)(=O)c3ccc(C(C)(C)C)cc3)[nH]2)c1. The third-order valence-electron chi connectivity index (χ3n) is 4.53. The van der Waals surface area contributed by atoms with Crippen LogP contribution in [-0.2, 0) is 15.3 Å². The highest BCUT2D eigenvalue weighted by atomic mass is 32.2. The molecule has 28 heavy (non-hydrogen) atoms. The molecule has 0 aliphatic carbocycles. The average Bonchev–Trinajstić information content (AvgIpc) is 3.17. The summed E-state index contributed by atoms with van der Waals surface area (Å²) in [5.41, 5.74) is 1.64. The van der Waals surface area contributed by atoms with Gasteiger partial charge in [-0.3, -0.25) is 0 Å². The molecule has 0 spiro atoms. The van der Waals surface area contributed by atoms with Crippen LogP contribution < -0.4 is 9.47 Å². The number of H-pyrrole nitrogens is 1. The van der Waals surface area contributed by atoms with Crippen molar-refractivity contribution in [1.29, 1.82) is 0 Å². The number of hydrogen-bond acceptors (Lipinski definition) is 5. The molecule has 0 aliphatic heterocycles. The van der Waals surface area contributed by atoms with E-state index in [1.54, 1.807) is 44.6 Å². The maximum Gasteiger partial charge on any atom is 0.223 e. The molecule has 0 fully saturated rings. The Morgan fingerprint density at radius 3 is 2.21 bits per heavy atom. The molecule has 3 aromatic rings. The zero-order valence-electron chi connectivity index (χ0n) is 16.6. The molecule has 6 nitrogen and oxygen atoms in total. The molecule has 0 amide bonds. The van der Waals surface area contributed by atoms with Crippen molar-refractivity contribution < 1.29 is 17.9 Å². The van der Waals surface area contributed by atoms with E-state index < -0.39 is 9.84 Å². The van der Waals surface area contributed by atoms with Gasteiger partial charge in [0.2, 0.25) is 9.84 Å². The number of benzene rings is 2. The average molecular weight is 401 g/mol. The molecule has 3 rings (SSSR count). The summed E-state index contributed by atoms with van der Waals surface area (Å²) in [7, 11) is -0.609. The molecule has 0 atom stereocenters. The molecule has 0 saturated heterocycles. The summed E-state index contributed by atoms with van der Waals surface area (Å²) in [6.45, 7) is 6.25. The predicted molar refractivity (Wildman–Crippen MR) is 108 cm³/mol. The van der Waals surface area contributed by atoms with Crippen LogP contribution in [0.1, 0.15) is 26.3 Å². The molecular formula is C21H24N2O4S. The first kappa shape index (κ1) is 19.9. The molecular weight excluding hydrogens is 376 g/mol. The first-order valence-corrected chi connectivity index (χ1v) is 10.3. The molecule has 148 valence electrons. The monoisotopic (exact) mass is 400 g/mol. The molecule has 0 radical (unpaired) electrons. The van der Waals surface area contributed by atoms with E-state index in [1.807, 2.05) is 12.1 Å². The number of sulfone groups is 1. The summed E-state index contributed by atoms with van der Waals surface area (Å²) in [4.78, 5) is 7.37. The topological polar surface area (TPSA) is 81.3 Å². The number of aromatic amines is 1. The zero-order chi connectivity index (χ0) is 20.5. The maximum atomic E-state index is 13.0. The lowest BCUT2D eigenvalue weighted by Crippen LogP contribution is -2.11. The van der Waals surface area contributed by atoms with Crippen LogP contribution >= 0.6 is 0 Å². The van der Waals surface area contributed by atoms with E-state index in [0.29, 0.717) is 22.9 Å². The second kappa shape index (κ2) is 7.31. The van der Waals surface area contributed by atoms with E-state index in [0.717, 1.165) is 5.56 Å². The largest absolute Gasteiger partial charge is 0.497 e. The van der Waals surface area contributed by atoms with Crippen LogP contribution in [0.25, 0.3) is 11.4 Å². The van der Waals surface area contributed by atoms with Crippen molar-refractivity contribution in [2.24, 2.45) is 0 Å². The van der Waals surface area contributed by atoms with Gasteiger partial charge in [-0.25, -0.2) is 13.4 Å². The van der Waals surface area contributed by atoms with Crippen LogP contribution in [0.5, 0.6) is 11.5 Å². The Morgan fingerprint density at radius 2 is 1.64 bits per heavy atom. The molecule has 0 saturated carbocycles. The van der Waals surface area contributed by atoms with Crippen molar-refractivity contribution in [2.45, 2.75) is 36.1 Å². The van der Waals surface area contributed by atoms with Crippen molar-refractivity contribution in [3.63, 3.8) is 0 Å². The number of imidazole rings is 1. The third kappa shape index (κ3) is 3.75. The van der Waals surface area contributed by atoms with Gasteiger partial charge in [0.25, 0.3) is 0 Å². The minimum Gasteiger partial charge on any atom is -0.497 e. The van der Waals surface area contributed by atoms with Gasteiger partial charge in [-0.1, -0.05) is 32.9 Å². The van der Waals surface area contributed by atoms with E-state index >= 15 is 0 Å². The van der Waals surface area contributed by atoms with Crippen LogP contribution in [0.2, 0.25) is 0 Å². The minimum absolute atomic E-state index is 0.0240. The first-order chi connectivity index (χ1) is 13.2. The van der Waals surface area contributed by atoms with Gasteiger partial charge in [0, 0.05) is 0 Å². The van der Waals surface area contributed by atoms with Crippen molar-refractivity contribution in [3.05, 3.63) is 54.2 Å². The van der Waals surface area contributed by atoms with Gasteiger partial charge in [-0.2, -0.15) is 0 Å². The Labute approximate surface area is 165 Å². The highest BCUT2D eigenvalue weighted by molar-refractivity contribution is 7.91. The quantitative estimate of drug-likeness (QED) is 0.693. The molecule has 2 aromatic carbocycles. The van der Waals surface area contributed by atoms with E-state index in [4.69, 9.17) is 9.47 Å². The summed E-state index contributed by atoms with van der Waals surface area (Å²) in [6, 6.07) is 12.2. The van der Waals surface area contributed by atoms with Gasteiger partial charge >= 0.3 is 0 Å². The number of hydrogen-bond donors (Lipinski definition) is 1. The fourth-order valence-corrected chi connectivity index (χ4v) is 4.01. The number of ether oxygens (including phenoxy) is 2. The van der Waals surface area contributed by atoms with Crippen molar-refractivity contribution >= 4 is 9.84 Å². The number of rotatable bonds is 5. The standard InChI is InChI=1S/C21H24N2O4S/c1-21(2,3)14-6-9-16(10-7-14)28(24,25)19-13-22-20(23-19)17-12-15(26-4)8-11-18(17)27-5/h6-13H,1-5H3,(H,22,23). The van der Waals surface area contributed by atoms with Gasteiger partial charge in [0.15, 0.2) is 5.03 Å². The molecule has 0 unspecified atom stereocenters. The third-order valence-corrected chi connectivity index (χ3v) is 6.21. The Kier molecular flexibility index (Phi) is 5.21. The summed E-state index contributed by atoms with van der Waals surface area (Å²) in [6.07, 6.45) is 1.32. The fourth-order valence-electron chi connectivity index (χ4n) is 2.84. The lowest BCUT2D eigenvalue weighted by Gasteiger charge is -2.19. The molecule has 7 heteroatoms. The number of methoxy groups -OCH3 is 2. The molecule has 1 N–H and O–H groups in total. The van der Waals surface area contributed by atoms with E-state index in [2.05, 4.69) is 30.7 Å². The highest BCUT2D eigenvalue weighted by Gasteiger charge is 2.23. The number of nitrogens with one attached hydrogen (secondary N) is 1. The van der Waals surface area contributed by atoms with E-state index in [1.165, 1.54) is 6.20 Å².